The number of benzene rings is 1. The van der Waals surface area contributed by atoms with E-state index in [-0.39, 0.29) is 31.1 Å². The van der Waals surface area contributed by atoms with E-state index in [0.29, 0.717) is 11.5 Å². The van der Waals surface area contributed by atoms with Crippen molar-refractivity contribution in [2.24, 2.45) is 0 Å². The number of amides is 1. The van der Waals surface area contributed by atoms with Gasteiger partial charge in [-0.25, -0.2) is 4.68 Å². The van der Waals surface area contributed by atoms with Gasteiger partial charge in [-0.05, 0) is 29.1 Å². The smallest absolute Gasteiger partial charge is 0.410 e. The number of carbonyl (C=O) groups excluding carboxylic acids is 1. The third kappa shape index (κ3) is 3.69. The fourth-order valence-electron chi connectivity index (χ4n) is 3.73. The van der Waals surface area contributed by atoms with Crippen molar-refractivity contribution in [3.05, 3.63) is 57.9 Å². The molecule has 2 aromatic heterocycles. The molecular formula is C20H17F3N4O3S. The normalized spacial score (nSPS) is 19.6. The predicted molar refractivity (Wildman–Crippen MR) is 106 cm³/mol. The van der Waals surface area contributed by atoms with Crippen LogP contribution in [-0.2, 0) is 6.54 Å². The monoisotopic (exact) mass is 450 g/mol. The summed E-state index contributed by atoms with van der Waals surface area (Å²) in [6.07, 6.45) is -3.51. The minimum atomic E-state index is -4.49. The largest absolute Gasteiger partial charge is 0.454 e. The van der Waals surface area contributed by atoms with Gasteiger partial charge in [0.05, 0.1) is 12.2 Å². The minimum absolute atomic E-state index is 0.0650. The van der Waals surface area contributed by atoms with E-state index in [4.69, 9.17) is 9.47 Å². The fraction of sp³-hybridized carbons (Fsp3) is 0.300. The molecule has 2 aliphatic heterocycles. The highest BCUT2D eigenvalue weighted by molar-refractivity contribution is 7.10. The molecule has 0 aliphatic carbocycles. The number of anilines is 1. The third-order valence-corrected chi connectivity index (χ3v) is 6.25. The molecule has 0 saturated heterocycles. The molecule has 0 radical (unpaired) electrons. The molecule has 2 unspecified atom stereocenters. The predicted octanol–water partition coefficient (Wildman–Crippen LogP) is 4.26. The van der Waals surface area contributed by atoms with E-state index in [1.807, 2.05) is 5.38 Å². The zero-order chi connectivity index (χ0) is 21.6. The molecule has 0 bridgehead atoms. The number of nitrogens with one attached hydrogen (secondary N) is 2. The van der Waals surface area contributed by atoms with Gasteiger partial charge in [0.2, 0.25) is 6.79 Å². The number of hydrogen-bond donors (Lipinski definition) is 2. The van der Waals surface area contributed by atoms with Crippen molar-refractivity contribution < 1.29 is 27.4 Å². The number of alkyl halides is 3. The van der Waals surface area contributed by atoms with Crippen LogP contribution in [0.2, 0.25) is 0 Å². The first kappa shape index (κ1) is 19.7. The van der Waals surface area contributed by atoms with Crippen molar-refractivity contribution in [3.8, 4) is 11.5 Å². The number of carbonyl (C=O) groups is 1. The molecule has 5 rings (SSSR count). The van der Waals surface area contributed by atoms with Gasteiger partial charge in [-0.2, -0.15) is 18.3 Å². The van der Waals surface area contributed by atoms with Gasteiger partial charge in [-0.1, -0.05) is 12.1 Å². The molecule has 0 spiro atoms. The maximum atomic E-state index is 13.7. The standard InChI is InChI=1S/C20H17F3N4O3S/c21-20(22,23)17-7-13(16-2-1-5-31-16)26-18-12(9-25-27(17)18)19(28)24-8-11-3-4-14-15(6-11)30-10-29-14/h1-6,9,13,17,26H,7-8,10H2,(H,24,28). The number of hydrogen-bond acceptors (Lipinski definition) is 6. The second kappa shape index (κ2) is 7.49. The number of nitrogens with zero attached hydrogens (tertiary/aromatic N) is 2. The Bertz CT molecular complexity index is 1110. The van der Waals surface area contributed by atoms with E-state index in [2.05, 4.69) is 15.7 Å². The van der Waals surface area contributed by atoms with Crippen LogP contribution in [0.15, 0.2) is 41.9 Å². The van der Waals surface area contributed by atoms with Crippen LogP contribution in [0.5, 0.6) is 11.5 Å². The molecule has 31 heavy (non-hydrogen) atoms. The number of halogens is 3. The summed E-state index contributed by atoms with van der Waals surface area (Å²) in [7, 11) is 0. The summed E-state index contributed by atoms with van der Waals surface area (Å²) in [5.74, 6) is 0.764. The Kier molecular flexibility index (Phi) is 4.77. The highest BCUT2D eigenvalue weighted by Gasteiger charge is 2.47. The van der Waals surface area contributed by atoms with Gasteiger partial charge in [0.25, 0.3) is 5.91 Å². The van der Waals surface area contributed by atoms with Crippen molar-refractivity contribution in [2.45, 2.75) is 31.2 Å². The Morgan fingerprint density at radius 3 is 2.90 bits per heavy atom. The first-order valence-electron chi connectivity index (χ1n) is 9.51. The first-order valence-corrected chi connectivity index (χ1v) is 10.4. The van der Waals surface area contributed by atoms with Crippen molar-refractivity contribution >= 4 is 23.1 Å². The molecule has 0 fully saturated rings. The Balaban J connectivity index is 1.38. The fourth-order valence-corrected chi connectivity index (χ4v) is 4.52. The zero-order valence-corrected chi connectivity index (χ0v) is 16.8. The molecule has 1 amide bonds. The van der Waals surface area contributed by atoms with Crippen molar-refractivity contribution in [3.63, 3.8) is 0 Å². The second-order valence-corrected chi connectivity index (χ2v) is 8.21. The molecule has 2 N–H and O–H groups in total. The summed E-state index contributed by atoms with van der Waals surface area (Å²) in [6.45, 7) is 0.322. The Morgan fingerprint density at radius 2 is 2.13 bits per heavy atom. The molecule has 2 aliphatic rings. The van der Waals surface area contributed by atoms with E-state index in [0.717, 1.165) is 15.1 Å². The van der Waals surface area contributed by atoms with Crippen LogP contribution in [0.25, 0.3) is 0 Å². The lowest BCUT2D eigenvalue weighted by Crippen LogP contribution is -2.36. The summed E-state index contributed by atoms with van der Waals surface area (Å²) in [5.41, 5.74) is 0.840. The van der Waals surface area contributed by atoms with Crippen LogP contribution in [-0.4, -0.2) is 28.7 Å². The minimum Gasteiger partial charge on any atom is -0.454 e. The molecule has 162 valence electrons. The average Bonchev–Trinajstić information content (AvgIpc) is 3.50. The summed E-state index contributed by atoms with van der Waals surface area (Å²) in [6, 6.07) is 6.47. The molecule has 4 heterocycles. The highest BCUT2D eigenvalue weighted by Crippen LogP contribution is 2.45. The van der Waals surface area contributed by atoms with Gasteiger partial charge in [-0.15, -0.1) is 11.3 Å². The highest BCUT2D eigenvalue weighted by atomic mass is 32.1. The summed E-state index contributed by atoms with van der Waals surface area (Å²) in [5, 5.41) is 11.5. The Morgan fingerprint density at radius 1 is 1.29 bits per heavy atom. The van der Waals surface area contributed by atoms with Crippen LogP contribution < -0.4 is 20.1 Å². The lowest BCUT2D eigenvalue weighted by atomic mass is 10.0. The maximum Gasteiger partial charge on any atom is 0.410 e. The zero-order valence-electron chi connectivity index (χ0n) is 16.0. The quantitative estimate of drug-likeness (QED) is 0.621. The number of thiophene rings is 1. The molecule has 11 heteroatoms. The maximum absolute atomic E-state index is 13.7. The van der Waals surface area contributed by atoms with E-state index in [9.17, 15) is 18.0 Å². The first-order chi connectivity index (χ1) is 14.9. The van der Waals surface area contributed by atoms with E-state index in [1.54, 1.807) is 30.3 Å². The van der Waals surface area contributed by atoms with Gasteiger partial charge in [-0.3, -0.25) is 4.79 Å². The topological polar surface area (TPSA) is 77.4 Å². The van der Waals surface area contributed by atoms with Crippen LogP contribution in [0.4, 0.5) is 19.0 Å². The molecule has 1 aromatic carbocycles. The third-order valence-electron chi connectivity index (χ3n) is 5.26. The summed E-state index contributed by atoms with van der Waals surface area (Å²) in [4.78, 5) is 13.6. The lowest BCUT2D eigenvalue weighted by Gasteiger charge is -2.33. The van der Waals surface area contributed by atoms with Gasteiger partial charge in [0.15, 0.2) is 17.5 Å². The Labute approximate surface area is 178 Å². The Hall–Kier alpha value is -3.21. The number of aromatic nitrogens is 2. The van der Waals surface area contributed by atoms with Crippen LogP contribution >= 0.6 is 11.3 Å². The number of ether oxygens (including phenoxy) is 2. The van der Waals surface area contributed by atoms with Crippen molar-refractivity contribution in [1.82, 2.24) is 15.1 Å². The molecule has 7 nitrogen and oxygen atoms in total. The summed E-state index contributed by atoms with van der Waals surface area (Å²) >= 11 is 1.37. The molecular weight excluding hydrogens is 433 g/mol. The SMILES string of the molecule is O=C(NCc1ccc2c(c1)OCO2)c1cnn2c1NC(c1cccs1)CC2C(F)(F)F. The van der Waals surface area contributed by atoms with E-state index in [1.165, 1.54) is 17.5 Å². The molecule has 0 saturated carbocycles. The van der Waals surface area contributed by atoms with Crippen LogP contribution in [0, 0.1) is 0 Å². The number of fused-ring (bicyclic) bond motifs is 2. The van der Waals surface area contributed by atoms with Crippen LogP contribution in [0.1, 0.15) is 39.3 Å². The van der Waals surface area contributed by atoms with E-state index >= 15 is 0 Å². The van der Waals surface area contributed by atoms with Gasteiger partial charge >= 0.3 is 6.18 Å². The van der Waals surface area contributed by atoms with Gasteiger partial charge in [0, 0.05) is 17.8 Å². The van der Waals surface area contributed by atoms with E-state index < -0.39 is 24.2 Å². The van der Waals surface area contributed by atoms with Gasteiger partial charge < -0.3 is 20.1 Å². The van der Waals surface area contributed by atoms with Crippen molar-refractivity contribution in [1.29, 1.82) is 0 Å². The summed E-state index contributed by atoms with van der Waals surface area (Å²) < 4.78 is 52.6. The second-order valence-electron chi connectivity index (χ2n) is 7.23. The molecule has 2 atom stereocenters. The van der Waals surface area contributed by atoms with Crippen molar-refractivity contribution in [2.75, 3.05) is 12.1 Å². The average molecular weight is 450 g/mol. The molecule has 3 aromatic rings. The number of rotatable bonds is 4. The van der Waals surface area contributed by atoms with Crippen LogP contribution in [0.3, 0.4) is 0 Å². The lowest BCUT2D eigenvalue weighted by molar-refractivity contribution is -0.173. The van der Waals surface area contributed by atoms with Gasteiger partial charge in [0.1, 0.15) is 11.4 Å².